The van der Waals surface area contributed by atoms with Crippen LogP contribution in [-0.4, -0.2) is 32.3 Å². The fourth-order valence-corrected chi connectivity index (χ4v) is 3.14. The third-order valence-electron chi connectivity index (χ3n) is 4.40. The molecular formula is C17H19N5O. The van der Waals surface area contributed by atoms with E-state index in [1.54, 1.807) is 0 Å². The second kappa shape index (κ2) is 5.87. The van der Waals surface area contributed by atoms with Crippen molar-refractivity contribution in [3.05, 3.63) is 48.5 Å². The lowest BCUT2D eigenvalue weighted by molar-refractivity contribution is 0.426. The molecule has 0 unspecified atom stereocenters. The number of anilines is 1. The van der Waals surface area contributed by atoms with Gasteiger partial charge in [0.2, 0.25) is 0 Å². The van der Waals surface area contributed by atoms with E-state index in [4.69, 9.17) is 4.52 Å². The zero-order valence-electron chi connectivity index (χ0n) is 13.1. The van der Waals surface area contributed by atoms with E-state index in [1.807, 2.05) is 49.6 Å². The molecule has 1 aromatic carbocycles. The highest BCUT2D eigenvalue weighted by Gasteiger charge is 2.29. The molecule has 0 amide bonds. The molecule has 0 saturated carbocycles. The third-order valence-corrected chi connectivity index (χ3v) is 4.40. The number of hydrogen-bond donors (Lipinski definition) is 0. The second-order valence-corrected chi connectivity index (χ2v) is 5.88. The first-order valence-electron chi connectivity index (χ1n) is 7.95. The smallest absolute Gasteiger partial charge is 0.266 e. The molecule has 23 heavy (non-hydrogen) atoms. The molecule has 0 aliphatic carbocycles. The van der Waals surface area contributed by atoms with E-state index in [0.29, 0.717) is 17.9 Å². The molecule has 1 fully saturated rings. The number of imidazole rings is 1. The molecule has 6 nitrogen and oxygen atoms in total. The van der Waals surface area contributed by atoms with E-state index >= 15 is 0 Å². The number of aromatic nitrogens is 4. The molecule has 1 saturated heterocycles. The number of aryl methyl sites for hydroxylation is 1. The van der Waals surface area contributed by atoms with Gasteiger partial charge in [-0.3, -0.25) is 0 Å². The van der Waals surface area contributed by atoms with Crippen LogP contribution in [0.25, 0.3) is 11.5 Å². The van der Waals surface area contributed by atoms with Crippen LogP contribution in [0, 0.1) is 6.92 Å². The summed E-state index contributed by atoms with van der Waals surface area (Å²) >= 11 is 0. The highest BCUT2D eigenvalue weighted by molar-refractivity contribution is 5.54. The molecule has 1 atom stereocenters. The van der Waals surface area contributed by atoms with Crippen molar-refractivity contribution in [3.63, 3.8) is 0 Å². The molecule has 3 aromatic rings. The van der Waals surface area contributed by atoms with Gasteiger partial charge >= 0.3 is 0 Å². The maximum atomic E-state index is 5.45. The van der Waals surface area contributed by atoms with Crippen LogP contribution in [-0.2, 0) is 6.54 Å². The van der Waals surface area contributed by atoms with Crippen molar-refractivity contribution in [1.82, 2.24) is 19.7 Å². The van der Waals surface area contributed by atoms with E-state index < -0.39 is 0 Å². The van der Waals surface area contributed by atoms with Crippen molar-refractivity contribution in [2.45, 2.75) is 32.4 Å². The SMILES string of the molecule is Cc1nccn1C[C@@H]1CCCN1c1noc(-c2ccccc2)n1. The Balaban J connectivity index is 1.55. The first-order chi connectivity index (χ1) is 11.3. The quantitative estimate of drug-likeness (QED) is 0.741. The lowest BCUT2D eigenvalue weighted by Gasteiger charge is -2.23. The van der Waals surface area contributed by atoms with Crippen LogP contribution in [0.5, 0.6) is 0 Å². The van der Waals surface area contributed by atoms with Crippen molar-refractivity contribution in [2.24, 2.45) is 0 Å². The third kappa shape index (κ3) is 2.72. The summed E-state index contributed by atoms with van der Waals surface area (Å²) in [5.41, 5.74) is 0.951. The first-order valence-corrected chi connectivity index (χ1v) is 7.95. The Morgan fingerprint density at radius 1 is 1.26 bits per heavy atom. The minimum atomic E-state index is 0.379. The van der Waals surface area contributed by atoms with Gasteiger partial charge in [0.15, 0.2) is 0 Å². The summed E-state index contributed by atoms with van der Waals surface area (Å²) in [6.07, 6.45) is 6.15. The van der Waals surface area contributed by atoms with Gasteiger partial charge in [-0.15, -0.1) is 0 Å². The summed E-state index contributed by atoms with van der Waals surface area (Å²) in [5, 5.41) is 4.19. The second-order valence-electron chi connectivity index (χ2n) is 5.88. The lowest BCUT2D eigenvalue weighted by atomic mass is 10.2. The summed E-state index contributed by atoms with van der Waals surface area (Å²) < 4.78 is 7.63. The average molecular weight is 309 g/mol. The summed E-state index contributed by atoms with van der Waals surface area (Å²) in [6.45, 7) is 3.90. The van der Waals surface area contributed by atoms with E-state index in [1.165, 1.54) is 0 Å². The molecule has 0 radical (unpaired) electrons. The fourth-order valence-electron chi connectivity index (χ4n) is 3.14. The van der Waals surface area contributed by atoms with Crippen LogP contribution in [0.1, 0.15) is 18.7 Å². The Kier molecular flexibility index (Phi) is 3.57. The highest BCUT2D eigenvalue weighted by atomic mass is 16.5. The van der Waals surface area contributed by atoms with Gasteiger partial charge in [0, 0.05) is 31.0 Å². The van der Waals surface area contributed by atoms with Gasteiger partial charge in [-0.05, 0) is 37.1 Å². The Hall–Kier alpha value is -2.63. The molecule has 4 rings (SSSR count). The number of nitrogens with zero attached hydrogens (tertiary/aromatic N) is 5. The maximum Gasteiger partial charge on any atom is 0.266 e. The van der Waals surface area contributed by atoms with Crippen LogP contribution in [0.4, 0.5) is 5.95 Å². The van der Waals surface area contributed by atoms with Gasteiger partial charge in [0.1, 0.15) is 5.82 Å². The van der Waals surface area contributed by atoms with E-state index in [-0.39, 0.29) is 0 Å². The van der Waals surface area contributed by atoms with Crippen molar-refractivity contribution < 1.29 is 4.52 Å². The van der Waals surface area contributed by atoms with Gasteiger partial charge in [-0.25, -0.2) is 4.98 Å². The van der Waals surface area contributed by atoms with Crippen molar-refractivity contribution in [1.29, 1.82) is 0 Å². The monoisotopic (exact) mass is 309 g/mol. The van der Waals surface area contributed by atoms with E-state index in [0.717, 1.165) is 37.3 Å². The van der Waals surface area contributed by atoms with Gasteiger partial charge in [-0.2, -0.15) is 4.98 Å². The van der Waals surface area contributed by atoms with Crippen LogP contribution in [0.2, 0.25) is 0 Å². The molecule has 1 aliphatic rings. The summed E-state index contributed by atoms with van der Waals surface area (Å²) in [5.74, 6) is 2.30. The van der Waals surface area contributed by atoms with Crippen LogP contribution in [0.15, 0.2) is 47.2 Å². The van der Waals surface area contributed by atoms with Gasteiger partial charge < -0.3 is 14.0 Å². The largest absolute Gasteiger partial charge is 0.333 e. The molecule has 6 heteroatoms. The molecule has 0 bridgehead atoms. The predicted octanol–water partition coefficient (Wildman–Crippen LogP) is 2.91. The molecule has 2 aromatic heterocycles. The molecule has 0 spiro atoms. The maximum absolute atomic E-state index is 5.45. The number of benzene rings is 1. The topological polar surface area (TPSA) is 60.0 Å². The minimum Gasteiger partial charge on any atom is -0.333 e. The van der Waals surface area contributed by atoms with Crippen LogP contribution in [0.3, 0.4) is 0 Å². The lowest BCUT2D eigenvalue weighted by Crippen LogP contribution is -2.33. The van der Waals surface area contributed by atoms with Crippen molar-refractivity contribution in [2.75, 3.05) is 11.4 Å². The zero-order valence-corrected chi connectivity index (χ0v) is 13.1. The summed E-state index contributed by atoms with van der Waals surface area (Å²) in [6, 6.07) is 10.3. The normalized spacial score (nSPS) is 17.8. The standard InChI is InChI=1S/C17H19N5O/c1-13-18-9-11-21(13)12-15-8-5-10-22(15)17-19-16(23-20-17)14-6-3-2-4-7-14/h2-4,6-7,9,11,15H,5,8,10,12H2,1H3/t15-/m0/s1. The summed E-state index contributed by atoms with van der Waals surface area (Å²) in [7, 11) is 0. The Bertz CT molecular complexity index is 779. The summed E-state index contributed by atoms with van der Waals surface area (Å²) in [4.78, 5) is 11.1. The highest BCUT2D eigenvalue weighted by Crippen LogP contribution is 2.27. The minimum absolute atomic E-state index is 0.379. The van der Waals surface area contributed by atoms with Crippen LogP contribution >= 0.6 is 0 Å². The van der Waals surface area contributed by atoms with Gasteiger partial charge in [0.25, 0.3) is 11.8 Å². The molecule has 0 N–H and O–H groups in total. The Morgan fingerprint density at radius 2 is 2.13 bits per heavy atom. The average Bonchev–Trinajstić information content (AvgIpc) is 3.30. The van der Waals surface area contributed by atoms with E-state index in [9.17, 15) is 0 Å². The van der Waals surface area contributed by atoms with Crippen molar-refractivity contribution in [3.8, 4) is 11.5 Å². The Morgan fingerprint density at radius 3 is 2.91 bits per heavy atom. The molecular weight excluding hydrogens is 290 g/mol. The van der Waals surface area contributed by atoms with Crippen LogP contribution < -0.4 is 4.90 Å². The first kappa shape index (κ1) is 14.0. The van der Waals surface area contributed by atoms with E-state index in [2.05, 4.69) is 24.6 Å². The predicted molar refractivity (Wildman–Crippen MR) is 87.1 cm³/mol. The molecule has 3 heterocycles. The van der Waals surface area contributed by atoms with Crippen molar-refractivity contribution >= 4 is 5.95 Å². The van der Waals surface area contributed by atoms with Gasteiger partial charge in [-0.1, -0.05) is 18.2 Å². The number of rotatable bonds is 4. The Labute approximate surface area is 134 Å². The fraction of sp³-hybridized carbons (Fsp3) is 0.353. The molecule has 1 aliphatic heterocycles. The zero-order chi connectivity index (χ0) is 15.6. The molecule has 118 valence electrons. The number of hydrogen-bond acceptors (Lipinski definition) is 5. The van der Waals surface area contributed by atoms with Gasteiger partial charge in [0.05, 0.1) is 6.04 Å².